The molecule has 0 saturated carbocycles. The van der Waals surface area contributed by atoms with Crippen LogP contribution in [0, 0.1) is 0 Å². The average Bonchev–Trinajstić information content (AvgIpc) is 3.22. The first-order valence-electron chi connectivity index (χ1n) is 11.1. The summed E-state index contributed by atoms with van der Waals surface area (Å²) in [4.78, 5) is 17.4. The lowest BCUT2D eigenvalue weighted by Crippen LogP contribution is -2.43. The number of rotatable bonds is 8. The van der Waals surface area contributed by atoms with Gasteiger partial charge in [-0.3, -0.25) is 9.97 Å². The Morgan fingerprint density at radius 3 is 2.81 bits per heavy atom. The maximum absolute atomic E-state index is 4.80. The lowest BCUT2D eigenvalue weighted by atomic mass is 9.91. The number of pyridine rings is 2. The SMILES string of the molecule is c1ccc(CNCC(Cc2nc3ccccc3[nH]2)NC2CCCc3cccnc32)nc1. The van der Waals surface area contributed by atoms with E-state index in [1.165, 1.54) is 17.7 Å². The lowest BCUT2D eigenvalue weighted by Gasteiger charge is -2.29. The van der Waals surface area contributed by atoms with Crippen molar-refractivity contribution in [2.24, 2.45) is 0 Å². The number of H-pyrrole nitrogens is 1. The van der Waals surface area contributed by atoms with Gasteiger partial charge in [0.2, 0.25) is 0 Å². The fourth-order valence-corrected chi connectivity index (χ4v) is 4.46. The highest BCUT2D eigenvalue weighted by molar-refractivity contribution is 5.74. The van der Waals surface area contributed by atoms with Gasteiger partial charge in [-0.1, -0.05) is 24.3 Å². The normalized spacial score (nSPS) is 16.8. The molecule has 3 heterocycles. The van der Waals surface area contributed by atoms with Gasteiger partial charge < -0.3 is 15.6 Å². The molecule has 0 aliphatic heterocycles. The zero-order chi connectivity index (χ0) is 20.9. The van der Waals surface area contributed by atoms with E-state index in [-0.39, 0.29) is 12.1 Å². The van der Waals surface area contributed by atoms with Crippen molar-refractivity contribution in [2.75, 3.05) is 6.54 Å². The Morgan fingerprint density at radius 1 is 1.00 bits per heavy atom. The first-order chi connectivity index (χ1) is 15.3. The monoisotopic (exact) mass is 412 g/mol. The number of hydrogen-bond acceptors (Lipinski definition) is 5. The molecular formula is C25H28N6. The molecule has 0 saturated heterocycles. The standard InChI is InChI=1S/C25H28N6/c1-2-11-22-21(10-1)30-24(31-22)15-20(17-26-16-19-9-3-4-13-27-19)29-23-12-5-7-18-8-6-14-28-25(18)23/h1-4,6,8-11,13-14,20,23,26,29H,5,7,12,15-17H2,(H,30,31). The molecule has 2 atom stereocenters. The van der Waals surface area contributed by atoms with Crippen LogP contribution >= 0.6 is 0 Å². The number of imidazole rings is 1. The molecule has 2 unspecified atom stereocenters. The van der Waals surface area contributed by atoms with Crippen molar-refractivity contribution in [3.05, 3.63) is 89.8 Å². The van der Waals surface area contributed by atoms with E-state index in [4.69, 9.17) is 9.97 Å². The number of para-hydroxylation sites is 2. The lowest BCUT2D eigenvalue weighted by molar-refractivity contribution is 0.368. The Balaban J connectivity index is 1.32. The number of nitrogens with one attached hydrogen (secondary N) is 3. The molecule has 1 aromatic carbocycles. The molecule has 3 aromatic heterocycles. The number of aromatic nitrogens is 4. The highest BCUT2D eigenvalue weighted by atomic mass is 15.0. The highest BCUT2D eigenvalue weighted by Crippen LogP contribution is 2.28. The molecule has 1 aliphatic rings. The van der Waals surface area contributed by atoms with Gasteiger partial charge >= 0.3 is 0 Å². The molecule has 6 nitrogen and oxygen atoms in total. The van der Waals surface area contributed by atoms with Gasteiger partial charge in [-0.2, -0.15) is 0 Å². The van der Waals surface area contributed by atoms with E-state index in [1.54, 1.807) is 0 Å². The molecule has 6 heteroatoms. The van der Waals surface area contributed by atoms with Crippen molar-refractivity contribution in [2.45, 2.75) is 44.3 Å². The number of aromatic amines is 1. The molecule has 5 rings (SSSR count). The largest absolute Gasteiger partial charge is 0.342 e. The van der Waals surface area contributed by atoms with Crippen molar-refractivity contribution >= 4 is 11.0 Å². The van der Waals surface area contributed by atoms with Crippen LogP contribution in [-0.2, 0) is 19.4 Å². The maximum Gasteiger partial charge on any atom is 0.108 e. The molecule has 158 valence electrons. The van der Waals surface area contributed by atoms with Crippen LogP contribution in [0.5, 0.6) is 0 Å². The predicted molar refractivity (Wildman–Crippen MR) is 123 cm³/mol. The van der Waals surface area contributed by atoms with Crippen LogP contribution in [0.2, 0.25) is 0 Å². The molecule has 31 heavy (non-hydrogen) atoms. The summed E-state index contributed by atoms with van der Waals surface area (Å²) in [6, 6.07) is 19.0. The second-order valence-corrected chi connectivity index (χ2v) is 8.21. The van der Waals surface area contributed by atoms with Gasteiger partial charge in [-0.05, 0) is 55.2 Å². The number of nitrogens with zero attached hydrogens (tertiary/aromatic N) is 3. The third-order valence-electron chi connectivity index (χ3n) is 5.93. The Labute approximate surface area is 182 Å². The Morgan fingerprint density at radius 2 is 1.90 bits per heavy atom. The van der Waals surface area contributed by atoms with Crippen molar-refractivity contribution in [3.8, 4) is 0 Å². The summed E-state index contributed by atoms with van der Waals surface area (Å²) in [5.74, 6) is 1.01. The maximum atomic E-state index is 4.80. The molecule has 0 fully saturated rings. The number of benzene rings is 1. The van der Waals surface area contributed by atoms with Gasteiger partial charge in [0.25, 0.3) is 0 Å². The second-order valence-electron chi connectivity index (χ2n) is 8.21. The van der Waals surface area contributed by atoms with E-state index in [0.29, 0.717) is 0 Å². The van der Waals surface area contributed by atoms with Gasteiger partial charge in [0, 0.05) is 37.9 Å². The van der Waals surface area contributed by atoms with Gasteiger partial charge in [0.05, 0.1) is 28.5 Å². The summed E-state index contributed by atoms with van der Waals surface area (Å²) >= 11 is 0. The van der Waals surface area contributed by atoms with Crippen molar-refractivity contribution in [1.82, 2.24) is 30.6 Å². The van der Waals surface area contributed by atoms with Crippen LogP contribution < -0.4 is 10.6 Å². The van der Waals surface area contributed by atoms with E-state index in [1.807, 2.05) is 42.7 Å². The van der Waals surface area contributed by atoms with E-state index >= 15 is 0 Å². The van der Waals surface area contributed by atoms with Crippen molar-refractivity contribution in [3.63, 3.8) is 0 Å². The van der Waals surface area contributed by atoms with Crippen LogP contribution in [0.15, 0.2) is 67.0 Å². The van der Waals surface area contributed by atoms with E-state index in [2.05, 4.69) is 44.9 Å². The van der Waals surface area contributed by atoms with E-state index in [0.717, 1.165) is 54.9 Å². The summed E-state index contributed by atoms with van der Waals surface area (Å²) < 4.78 is 0. The van der Waals surface area contributed by atoms with Crippen LogP contribution in [0.3, 0.4) is 0 Å². The summed E-state index contributed by atoms with van der Waals surface area (Å²) in [5.41, 5.74) is 5.72. The average molecular weight is 413 g/mol. The Hall–Kier alpha value is -3.09. The predicted octanol–water partition coefficient (Wildman–Crippen LogP) is 3.72. The molecule has 3 N–H and O–H groups in total. The minimum atomic E-state index is 0.224. The quantitative estimate of drug-likeness (QED) is 0.411. The zero-order valence-corrected chi connectivity index (χ0v) is 17.6. The molecular weight excluding hydrogens is 384 g/mol. The Kier molecular flexibility index (Phi) is 6.00. The molecule has 0 radical (unpaired) electrons. The zero-order valence-electron chi connectivity index (χ0n) is 17.6. The highest BCUT2D eigenvalue weighted by Gasteiger charge is 2.24. The fraction of sp³-hybridized carbons (Fsp3) is 0.320. The summed E-state index contributed by atoms with van der Waals surface area (Å²) in [6.45, 7) is 1.57. The van der Waals surface area contributed by atoms with Crippen LogP contribution in [0.1, 0.15) is 41.7 Å². The van der Waals surface area contributed by atoms with E-state index in [9.17, 15) is 0 Å². The van der Waals surface area contributed by atoms with Gasteiger partial charge in [0.1, 0.15) is 5.82 Å². The van der Waals surface area contributed by atoms with E-state index < -0.39 is 0 Å². The van der Waals surface area contributed by atoms with Gasteiger partial charge in [-0.15, -0.1) is 0 Å². The summed E-state index contributed by atoms with van der Waals surface area (Å²) in [7, 11) is 0. The van der Waals surface area contributed by atoms with Gasteiger partial charge in [-0.25, -0.2) is 4.98 Å². The van der Waals surface area contributed by atoms with Crippen LogP contribution in [-0.4, -0.2) is 32.5 Å². The minimum absolute atomic E-state index is 0.224. The summed E-state index contributed by atoms with van der Waals surface area (Å²) in [5, 5.41) is 7.47. The first kappa shape index (κ1) is 19.8. The molecule has 1 aliphatic carbocycles. The van der Waals surface area contributed by atoms with Crippen molar-refractivity contribution in [1.29, 1.82) is 0 Å². The molecule has 0 spiro atoms. The molecule has 0 bridgehead atoms. The second kappa shape index (κ2) is 9.37. The molecule has 4 aromatic rings. The van der Waals surface area contributed by atoms with Crippen molar-refractivity contribution < 1.29 is 0 Å². The smallest absolute Gasteiger partial charge is 0.108 e. The van der Waals surface area contributed by atoms with Crippen LogP contribution in [0.4, 0.5) is 0 Å². The third kappa shape index (κ3) is 4.81. The minimum Gasteiger partial charge on any atom is -0.342 e. The van der Waals surface area contributed by atoms with Crippen LogP contribution in [0.25, 0.3) is 11.0 Å². The third-order valence-corrected chi connectivity index (χ3v) is 5.93. The summed E-state index contributed by atoms with van der Waals surface area (Å²) in [6.07, 6.45) is 7.99. The fourth-order valence-electron chi connectivity index (χ4n) is 4.46. The number of fused-ring (bicyclic) bond motifs is 2. The van der Waals surface area contributed by atoms with Gasteiger partial charge in [0.15, 0.2) is 0 Å². The topological polar surface area (TPSA) is 78.5 Å². The molecule has 0 amide bonds. The Bertz CT molecular complexity index is 1090. The number of aryl methyl sites for hydroxylation is 1. The first-order valence-corrected chi connectivity index (χ1v) is 11.1. The number of hydrogen-bond donors (Lipinski definition) is 3.